The van der Waals surface area contributed by atoms with E-state index < -0.39 is 0 Å². The predicted octanol–water partition coefficient (Wildman–Crippen LogP) is 2.80. The number of thiazole rings is 1. The number of aryl methyl sites for hydroxylation is 2. The van der Waals surface area contributed by atoms with E-state index in [-0.39, 0.29) is 18.1 Å². The van der Waals surface area contributed by atoms with Gasteiger partial charge in [-0.2, -0.15) is 0 Å². The van der Waals surface area contributed by atoms with Crippen LogP contribution in [-0.2, 0) is 22.4 Å². The fourth-order valence-corrected chi connectivity index (χ4v) is 4.53. The van der Waals surface area contributed by atoms with Crippen molar-refractivity contribution in [2.45, 2.75) is 32.3 Å². The molecule has 4 rings (SSSR count). The second-order valence-corrected chi connectivity index (χ2v) is 7.87. The van der Waals surface area contributed by atoms with Crippen LogP contribution in [0, 0.1) is 0 Å². The maximum atomic E-state index is 12.3. The molecule has 0 spiro atoms. The molecule has 0 radical (unpaired) electrons. The molecule has 2 N–H and O–H groups in total. The van der Waals surface area contributed by atoms with Crippen LogP contribution in [-0.4, -0.2) is 43.2 Å². The van der Waals surface area contributed by atoms with Gasteiger partial charge in [-0.3, -0.25) is 9.69 Å². The lowest BCUT2D eigenvalue weighted by atomic mass is 10.0. The van der Waals surface area contributed by atoms with Crippen molar-refractivity contribution < 1.29 is 14.3 Å². The van der Waals surface area contributed by atoms with Crippen molar-refractivity contribution in [3.05, 3.63) is 28.6 Å². The van der Waals surface area contributed by atoms with Gasteiger partial charge in [-0.25, -0.2) is 9.78 Å². The number of nitrogens with one attached hydrogen (secondary N) is 2. The van der Waals surface area contributed by atoms with Gasteiger partial charge in [0.25, 0.3) is 0 Å². The lowest BCUT2D eigenvalue weighted by Crippen LogP contribution is -2.33. The number of ether oxygens (including phenoxy) is 1. The lowest BCUT2D eigenvalue weighted by Gasteiger charge is -2.16. The van der Waals surface area contributed by atoms with Crippen molar-refractivity contribution in [1.29, 1.82) is 0 Å². The van der Waals surface area contributed by atoms with Crippen LogP contribution in [0.15, 0.2) is 18.2 Å². The maximum absolute atomic E-state index is 12.3. The van der Waals surface area contributed by atoms with Gasteiger partial charge < -0.3 is 15.4 Å². The standard InChI is InChI=1S/C19H22N4O3S/c1-11(24)21-9-14-10-23(19(25)26-14)13-6-7-15-12(8-13)4-3-5-16-17(15)22-18(20-2)27-16/h6-8,14H,3-5,9-10H2,1-2H3,(H,20,22)(H,21,24)/t14-/m0/s1. The number of cyclic esters (lactones) is 1. The molecular formula is C19H22N4O3S. The van der Waals surface area contributed by atoms with E-state index in [9.17, 15) is 9.59 Å². The highest BCUT2D eigenvalue weighted by molar-refractivity contribution is 7.16. The monoisotopic (exact) mass is 386 g/mol. The summed E-state index contributed by atoms with van der Waals surface area (Å²) in [5.74, 6) is -0.130. The van der Waals surface area contributed by atoms with Crippen molar-refractivity contribution in [3.63, 3.8) is 0 Å². The first-order valence-corrected chi connectivity index (χ1v) is 9.90. The second kappa shape index (κ2) is 7.19. The second-order valence-electron chi connectivity index (χ2n) is 6.79. The van der Waals surface area contributed by atoms with E-state index in [0.717, 1.165) is 41.3 Å². The molecule has 1 aromatic heterocycles. The lowest BCUT2D eigenvalue weighted by molar-refractivity contribution is -0.119. The van der Waals surface area contributed by atoms with E-state index >= 15 is 0 Å². The van der Waals surface area contributed by atoms with Gasteiger partial charge in [-0.05, 0) is 37.0 Å². The SMILES string of the molecule is CNc1nc2c(s1)CCCc1cc(N3C[C@H](CNC(C)=O)OC3=O)ccc1-2. The van der Waals surface area contributed by atoms with E-state index in [0.29, 0.717) is 13.1 Å². The van der Waals surface area contributed by atoms with Gasteiger partial charge in [0.1, 0.15) is 6.10 Å². The Balaban J connectivity index is 1.59. The molecule has 8 heteroatoms. The van der Waals surface area contributed by atoms with Gasteiger partial charge >= 0.3 is 6.09 Å². The molecule has 1 aliphatic heterocycles. The highest BCUT2D eigenvalue weighted by atomic mass is 32.1. The predicted molar refractivity (Wildman–Crippen MR) is 105 cm³/mol. The molecule has 1 atom stereocenters. The average Bonchev–Trinajstić information content (AvgIpc) is 3.19. The van der Waals surface area contributed by atoms with Crippen LogP contribution in [0.3, 0.4) is 0 Å². The van der Waals surface area contributed by atoms with Crippen LogP contribution in [0.25, 0.3) is 11.3 Å². The third-order valence-electron chi connectivity index (χ3n) is 4.87. The zero-order valence-corrected chi connectivity index (χ0v) is 16.2. The normalized spacial score (nSPS) is 18.4. The Labute approximate surface area is 161 Å². The third-order valence-corrected chi connectivity index (χ3v) is 6.00. The smallest absolute Gasteiger partial charge is 0.414 e. The summed E-state index contributed by atoms with van der Waals surface area (Å²) in [6.45, 7) is 2.22. The highest BCUT2D eigenvalue weighted by Crippen LogP contribution is 2.38. The number of hydrogen-bond donors (Lipinski definition) is 2. The summed E-state index contributed by atoms with van der Waals surface area (Å²) in [4.78, 5) is 31.0. The zero-order chi connectivity index (χ0) is 19.0. The van der Waals surface area contributed by atoms with E-state index in [1.807, 2.05) is 13.1 Å². The number of nitrogens with zero attached hydrogens (tertiary/aromatic N) is 2. The molecular weight excluding hydrogens is 364 g/mol. The molecule has 2 aromatic rings. The van der Waals surface area contributed by atoms with E-state index in [1.165, 1.54) is 17.4 Å². The number of carbonyl (C=O) groups is 2. The molecule has 1 aliphatic carbocycles. The molecule has 27 heavy (non-hydrogen) atoms. The van der Waals surface area contributed by atoms with E-state index in [2.05, 4.69) is 22.8 Å². The first kappa shape index (κ1) is 17.8. The number of amides is 2. The summed E-state index contributed by atoms with van der Waals surface area (Å²) >= 11 is 1.71. The van der Waals surface area contributed by atoms with Gasteiger partial charge in [0.2, 0.25) is 5.91 Å². The van der Waals surface area contributed by atoms with E-state index in [1.54, 1.807) is 16.2 Å². The summed E-state index contributed by atoms with van der Waals surface area (Å²) in [5.41, 5.74) is 4.23. The van der Waals surface area contributed by atoms with Gasteiger partial charge in [-0.1, -0.05) is 6.07 Å². The first-order valence-electron chi connectivity index (χ1n) is 9.08. The Bertz CT molecular complexity index is 895. The molecule has 0 bridgehead atoms. The Morgan fingerprint density at radius 2 is 2.26 bits per heavy atom. The molecule has 2 amide bonds. The fourth-order valence-electron chi connectivity index (χ4n) is 3.56. The van der Waals surface area contributed by atoms with Gasteiger partial charge in [0.05, 0.1) is 18.8 Å². The Kier molecular flexibility index (Phi) is 4.73. The van der Waals surface area contributed by atoms with Crippen molar-refractivity contribution in [1.82, 2.24) is 10.3 Å². The molecule has 1 saturated heterocycles. The number of anilines is 2. The number of rotatable bonds is 4. The minimum Gasteiger partial charge on any atom is -0.442 e. The molecule has 0 saturated carbocycles. The van der Waals surface area contributed by atoms with Gasteiger partial charge in [0, 0.05) is 30.1 Å². The van der Waals surface area contributed by atoms with Crippen LogP contribution in [0.2, 0.25) is 0 Å². The topological polar surface area (TPSA) is 83.6 Å². The van der Waals surface area contributed by atoms with Crippen molar-refractivity contribution in [2.75, 3.05) is 30.4 Å². The number of benzene rings is 1. The summed E-state index contributed by atoms with van der Waals surface area (Å²) in [5, 5.41) is 6.76. The summed E-state index contributed by atoms with van der Waals surface area (Å²) in [6.07, 6.45) is 2.33. The van der Waals surface area contributed by atoms with Crippen LogP contribution in [0.1, 0.15) is 23.8 Å². The van der Waals surface area contributed by atoms with Crippen molar-refractivity contribution in [2.24, 2.45) is 0 Å². The average molecular weight is 386 g/mol. The molecule has 2 aliphatic rings. The summed E-state index contributed by atoms with van der Waals surface area (Å²) in [6, 6.07) is 6.08. The van der Waals surface area contributed by atoms with Gasteiger partial charge in [0.15, 0.2) is 5.13 Å². The van der Waals surface area contributed by atoms with Gasteiger partial charge in [-0.15, -0.1) is 11.3 Å². The van der Waals surface area contributed by atoms with Crippen LogP contribution in [0.4, 0.5) is 15.6 Å². The largest absolute Gasteiger partial charge is 0.442 e. The highest BCUT2D eigenvalue weighted by Gasteiger charge is 2.33. The van der Waals surface area contributed by atoms with E-state index in [4.69, 9.17) is 9.72 Å². The van der Waals surface area contributed by atoms with Crippen LogP contribution >= 0.6 is 11.3 Å². The van der Waals surface area contributed by atoms with Crippen LogP contribution in [0.5, 0.6) is 0 Å². The molecule has 1 aromatic carbocycles. The first-order chi connectivity index (χ1) is 13.0. The summed E-state index contributed by atoms with van der Waals surface area (Å²) < 4.78 is 5.37. The van der Waals surface area contributed by atoms with Crippen molar-refractivity contribution >= 4 is 34.2 Å². The Hall–Kier alpha value is -2.61. The molecule has 1 fully saturated rings. The molecule has 2 heterocycles. The third kappa shape index (κ3) is 3.49. The number of carbonyl (C=O) groups excluding carboxylic acids is 2. The minimum absolute atomic E-state index is 0.130. The Morgan fingerprint density at radius 3 is 3.04 bits per heavy atom. The fraction of sp³-hybridized carbons (Fsp3) is 0.421. The Morgan fingerprint density at radius 1 is 1.41 bits per heavy atom. The summed E-state index contributed by atoms with van der Waals surface area (Å²) in [7, 11) is 1.89. The number of hydrogen-bond acceptors (Lipinski definition) is 6. The van der Waals surface area contributed by atoms with Crippen molar-refractivity contribution in [3.8, 4) is 11.3 Å². The van der Waals surface area contributed by atoms with Crippen LogP contribution < -0.4 is 15.5 Å². The maximum Gasteiger partial charge on any atom is 0.414 e. The minimum atomic E-state index is -0.370. The molecule has 7 nitrogen and oxygen atoms in total. The number of fused-ring (bicyclic) bond motifs is 3. The zero-order valence-electron chi connectivity index (χ0n) is 15.4. The molecule has 142 valence electrons. The number of aromatic nitrogens is 1. The quantitative estimate of drug-likeness (QED) is 0.844. The molecule has 0 unspecified atom stereocenters.